The van der Waals surface area contributed by atoms with Crippen LogP contribution in [0.25, 0.3) is 10.2 Å². The number of hydrogen-bond donors (Lipinski definition) is 1. The number of nitrogens with one attached hydrogen (secondary N) is 1. The molecule has 0 unspecified atom stereocenters. The number of fused-ring (bicyclic) bond motifs is 1. The van der Waals surface area contributed by atoms with Crippen LogP contribution in [0.5, 0.6) is 0 Å². The van der Waals surface area contributed by atoms with Crippen molar-refractivity contribution in [3.05, 3.63) is 32.9 Å². The number of halogens is 1. The van der Waals surface area contributed by atoms with E-state index in [0.717, 1.165) is 5.52 Å². The van der Waals surface area contributed by atoms with Gasteiger partial charge in [-0.25, -0.2) is 0 Å². The van der Waals surface area contributed by atoms with Gasteiger partial charge < -0.3 is 4.98 Å². The first-order valence-electron chi connectivity index (χ1n) is 3.03. The van der Waals surface area contributed by atoms with E-state index in [4.69, 9.17) is 11.6 Å². The van der Waals surface area contributed by atoms with E-state index >= 15 is 0 Å². The summed E-state index contributed by atoms with van der Waals surface area (Å²) in [5.41, 5.74) is 0.764. The Labute approximate surface area is 71.4 Å². The molecule has 4 heteroatoms. The maximum Gasteiger partial charge on any atom is 0.217 e. The van der Waals surface area contributed by atoms with Gasteiger partial charge in [-0.15, -0.1) is 11.3 Å². The molecule has 0 radical (unpaired) electrons. The highest BCUT2D eigenvalue weighted by Gasteiger charge is 2.02. The van der Waals surface area contributed by atoms with E-state index in [-0.39, 0.29) is 10.5 Å². The van der Waals surface area contributed by atoms with Gasteiger partial charge in [0.25, 0.3) is 0 Å². The quantitative estimate of drug-likeness (QED) is 0.671. The molecule has 0 atom stereocenters. The zero-order valence-corrected chi connectivity index (χ0v) is 7.00. The lowest BCUT2D eigenvalue weighted by Gasteiger charge is -1.88. The molecule has 0 spiro atoms. The van der Waals surface area contributed by atoms with E-state index in [1.165, 1.54) is 17.5 Å². The van der Waals surface area contributed by atoms with Gasteiger partial charge in [0.15, 0.2) is 0 Å². The van der Waals surface area contributed by atoms with Crippen molar-refractivity contribution in [2.24, 2.45) is 0 Å². The highest BCUT2D eigenvalue weighted by molar-refractivity contribution is 7.17. The second kappa shape index (κ2) is 2.36. The van der Waals surface area contributed by atoms with Crippen molar-refractivity contribution in [1.29, 1.82) is 0 Å². The number of aromatic nitrogens is 1. The van der Waals surface area contributed by atoms with E-state index in [1.807, 2.05) is 11.4 Å². The monoisotopic (exact) mass is 185 g/mol. The Hall–Kier alpha value is -0.800. The number of thiophene rings is 1. The van der Waals surface area contributed by atoms with Gasteiger partial charge in [-0.3, -0.25) is 4.79 Å². The van der Waals surface area contributed by atoms with Crippen molar-refractivity contribution in [3.8, 4) is 0 Å². The van der Waals surface area contributed by atoms with Crippen LogP contribution in [-0.4, -0.2) is 4.98 Å². The average Bonchev–Trinajstić information content (AvgIpc) is 2.45. The van der Waals surface area contributed by atoms with E-state index in [0.29, 0.717) is 4.70 Å². The lowest BCUT2D eigenvalue weighted by molar-refractivity contribution is 1.41. The summed E-state index contributed by atoms with van der Waals surface area (Å²) in [6, 6.07) is 1.86. The zero-order chi connectivity index (χ0) is 7.84. The molecule has 2 nitrogen and oxygen atoms in total. The summed E-state index contributed by atoms with van der Waals surface area (Å²) in [5, 5.41) is 2.11. The van der Waals surface area contributed by atoms with Crippen LogP contribution in [0.4, 0.5) is 0 Å². The molecule has 0 bridgehead atoms. The van der Waals surface area contributed by atoms with E-state index < -0.39 is 0 Å². The summed E-state index contributed by atoms with van der Waals surface area (Å²) in [4.78, 5) is 14.2. The summed E-state index contributed by atoms with van der Waals surface area (Å²) >= 11 is 7.01. The first-order valence-corrected chi connectivity index (χ1v) is 4.29. The highest BCUT2D eigenvalue weighted by Crippen LogP contribution is 2.15. The summed E-state index contributed by atoms with van der Waals surface area (Å²) in [7, 11) is 0. The minimum atomic E-state index is -0.0876. The third-order valence-corrected chi connectivity index (χ3v) is 2.64. The van der Waals surface area contributed by atoms with Gasteiger partial charge in [-0.05, 0) is 11.4 Å². The average molecular weight is 186 g/mol. The highest BCUT2D eigenvalue weighted by atomic mass is 35.5. The zero-order valence-electron chi connectivity index (χ0n) is 5.43. The first kappa shape index (κ1) is 6.88. The molecular weight excluding hydrogens is 182 g/mol. The minimum absolute atomic E-state index is 0.0876. The van der Waals surface area contributed by atoms with Crippen LogP contribution in [-0.2, 0) is 0 Å². The third-order valence-electron chi connectivity index (χ3n) is 1.44. The van der Waals surface area contributed by atoms with E-state index in [9.17, 15) is 4.79 Å². The lowest BCUT2D eigenvalue weighted by Crippen LogP contribution is -1.99. The van der Waals surface area contributed by atoms with Crippen molar-refractivity contribution in [3.63, 3.8) is 0 Å². The van der Waals surface area contributed by atoms with Gasteiger partial charge in [0.1, 0.15) is 5.02 Å². The molecule has 0 saturated carbocycles. The van der Waals surface area contributed by atoms with Gasteiger partial charge in [0, 0.05) is 6.20 Å². The second-order valence-electron chi connectivity index (χ2n) is 2.13. The number of hydrogen-bond acceptors (Lipinski definition) is 2. The first-order chi connectivity index (χ1) is 5.29. The summed E-state index contributed by atoms with van der Waals surface area (Å²) in [6.07, 6.45) is 1.51. The van der Waals surface area contributed by atoms with Crippen molar-refractivity contribution < 1.29 is 0 Å². The Bertz CT molecular complexity index is 445. The van der Waals surface area contributed by atoms with Gasteiger partial charge in [0.05, 0.1) is 10.2 Å². The molecule has 2 heterocycles. The minimum Gasteiger partial charge on any atom is -0.359 e. The molecule has 1 N–H and O–H groups in total. The molecular formula is C7H4ClNOS. The van der Waals surface area contributed by atoms with Crippen LogP contribution in [0.2, 0.25) is 5.02 Å². The number of pyridine rings is 1. The molecule has 0 aromatic carbocycles. The van der Waals surface area contributed by atoms with E-state index in [1.54, 1.807) is 0 Å². The molecule has 0 saturated heterocycles. The standard InChI is InChI=1S/C7H4ClNOS/c8-4-3-9-5-1-2-11-7(5)6(4)10/h1-3H,(H,9,10). The van der Waals surface area contributed by atoms with Gasteiger partial charge in [-0.1, -0.05) is 11.6 Å². The number of H-pyrrole nitrogens is 1. The molecule has 0 fully saturated rings. The summed E-state index contributed by atoms with van der Waals surface area (Å²) < 4.78 is 0.692. The van der Waals surface area contributed by atoms with E-state index in [2.05, 4.69) is 4.98 Å². The predicted octanol–water partition coefficient (Wildman–Crippen LogP) is 2.24. The fourth-order valence-corrected chi connectivity index (χ4v) is 1.93. The van der Waals surface area contributed by atoms with Crippen LogP contribution in [0, 0.1) is 0 Å². The van der Waals surface area contributed by atoms with Crippen molar-refractivity contribution in [1.82, 2.24) is 4.98 Å². The van der Waals surface area contributed by atoms with Crippen LogP contribution in [0.1, 0.15) is 0 Å². The topological polar surface area (TPSA) is 32.9 Å². The van der Waals surface area contributed by atoms with Crippen molar-refractivity contribution in [2.75, 3.05) is 0 Å². The Kier molecular flexibility index (Phi) is 1.47. The third kappa shape index (κ3) is 0.968. The van der Waals surface area contributed by atoms with Crippen molar-refractivity contribution in [2.45, 2.75) is 0 Å². The fourth-order valence-electron chi connectivity index (χ4n) is 0.914. The molecule has 0 aliphatic rings. The van der Waals surface area contributed by atoms with Crippen LogP contribution >= 0.6 is 22.9 Å². The SMILES string of the molecule is O=c1c(Cl)c[nH]c2ccsc12. The number of rotatable bonds is 0. The Morgan fingerprint density at radius 1 is 1.55 bits per heavy atom. The largest absolute Gasteiger partial charge is 0.359 e. The molecule has 2 aromatic rings. The van der Waals surface area contributed by atoms with Gasteiger partial charge in [0.2, 0.25) is 5.43 Å². The Balaban J connectivity index is 3.05. The lowest BCUT2D eigenvalue weighted by atomic mass is 10.4. The fraction of sp³-hybridized carbons (Fsp3) is 0. The Morgan fingerprint density at radius 2 is 2.36 bits per heavy atom. The summed E-state index contributed by atoms with van der Waals surface area (Å²) in [5.74, 6) is 0. The molecule has 11 heavy (non-hydrogen) atoms. The Morgan fingerprint density at radius 3 is 3.18 bits per heavy atom. The molecule has 0 aliphatic heterocycles. The van der Waals surface area contributed by atoms with Crippen molar-refractivity contribution >= 4 is 33.2 Å². The number of aromatic amines is 1. The van der Waals surface area contributed by atoms with Gasteiger partial charge >= 0.3 is 0 Å². The predicted molar refractivity (Wildman–Crippen MR) is 47.5 cm³/mol. The van der Waals surface area contributed by atoms with Crippen LogP contribution < -0.4 is 5.43 Å². The molecule has 2 rings (SSSR count). The molecule has 56 valence electrons. The maximum atomic E-state index is 11.2. The van der Waals surface area contributed by atoms with Gasteiger partial charge in [-0.2, -0.15) is 0 Å². The second-order valence-corrected chi connectivity index (χ2v) is 3.45. The molecule has 0 amide bonds. The van der Waals surface area contributed by atoms with Crippen LogP contribution in [0.3, 0.4) is 0 Å². The van der Waals surface area contributed by atoms with Crippen LogP contribution in [0.15, 0.2) is 22.4 Å². The maximum absolute atomic E-state index is 11.2. The smallest absolute Gasteiger partial charge is 0.217 e. The summed E-state index contributed by atoms with van der Waals surface area (Å²) in [6.45, 7) is 0. The molecule has 2 aromatic heterocycles. The normalized spacial score (nSPS) is 10.6. The molecule has 0 aliphatic carbocycles.